The summed E-state index contributed by atoms with van der Waals surface area (Å²) in [6.45, 7) is 1.80. The van der Waals surface area contributed by atoms with Gasteiger partial charge in [0, 0.05) is 30.5 Å². The molecule has 0 fully saturated rings. The summed E-state index contributed by atoms with van der Waals surface area (Å²) >= 11 is 5.88. The van der Waals surface area contributed by atoms with Crippen LogP contribution in [0.3, 0.4) is 0 Å². The Balaban J connectivity index is 2.41. The van der Waals surface area contributed by atoms with Crippen LogP contribution in [0.25, 0.3) is 0 Å². The molecule has 1 aromatic heterocycles. The van der Waals surface area contributed by atoms with E-state index in [4.69, 9.17) is 17.3 Å². The first-order valence-corrected chi connectivity index (χ1v) is 8.09. The summed E-state index contributed by atoms with van der Waals surface area (Å²) in [5, 5.41) is 0.327. The lowest BCUT2D eigenvalue weighted by atomic mass is 10.1. The summed E-state index contributed by atoms with van der Waals surface area (Å²) < 4.78 is 26.7. The molecule has 2 N–H and O–H groups in total. The molecule has 1 atom stereocenters. The third-order valence-electron chi connectivity index (χ3n) is 3.37. The van der Waals surface area contributed by atoms with Crippen LogP contribution < -0.4 is 5.73 Å². The molecule has 0 radical (unpaired) electrons. The Morgan fingerprint density at radius 1 is 1.24 bits per heavy atom. The zero-order valence-corrected chi connectivity index (χ0v) is 13.3. The van der Waals surface area contributed by atoms with Crippen LogP contribution in [0, 0.1) is 0 Å². The van der Waals surface area contributed by atoms with Crippen LogP contribution >= 0.6 is 11.6 Å². The van der Waals surface area contributed by atoms with Gasteiger partial charge in [0.1, 0.15) is 4.90 Å². The summed E-state index contributed by atoms with van der Waals surface area (Å²) in [5.74, 6) is 0. The van der Waals surface area contributed by atoms with Crippen molar-refractivity contribution in [2.24, 2.45) is 0 Å². The summed E-state index contributed by atoms with van der Waals surface area (Å²) in [5.41, 5.74) is 6.80. The molecule has 0 bridgehead atoms. The number of hydrogen-bond donors (Lipinski definition) is 1. The van der Waals surface area contributed by atoms with Crippen molar-refractivity contribution in [2.45, 2.75) is 17.9 Å². The Labute approximate surface area is 129 Å². The largest absolute Gasteiger partial charge is 0.398 e. The van der Waals surface area contributed by atoms with Crippen LogP contribution in [0.15, 0.2) is 47.6 Å². The Kier molecular flexibility index (Phi) is 4.51. The average Bonchev–Trinajstić information content (AvgIpc) is 2.49. The van der Waals surface area contributed by atoms with Crippen LogP contribution in [-0.4, -0.2) is 24.8 Å². The van der Waals surface area contributed by atoms with E-state index >= 15 is 0 Å². The Morgan fingerprint density at radius 3 is 2.48 bits per heavy atom. The van der Waals surface area contributed by atoms with Crippen LogP contribution in [0.1, 0.15) is 18.5 Å². The van der Waals surface area contributed by atoms with Crippen molar-refractivity contribution in [3.63, 3.8) is 0 Å². The van der Waals surface area contributed by atoms with Crippen molar-refractivity contribution in [1.82, 2.24) is 9.29 Å². The van der Waals surface area contributed by atoms with Crippen LogP contribution in [0.2, 0.25) is 5.02 Å². The molecule has 0 saturated heterocycles. The number of rotatable bonds is 4. The highest BCUT2D eigenvalue weighted by molar-refractivity contribution is 7.89. The lowest BCUT2D eigenvalue weighted by Gasteiger charge is -2.25. The van der Waals surface area contributed by atoms with Crippen molar-refractivity contribution >= 4 is 27.3 Å². The number of pyridine rings is 1. The minimum absolute atomic E-state index is 0.0124. The molecule has 0 amide bonds. The molecule has 2 aromatic rings. The van der Waals surface area contributed by atoms with Gasteiger partial charge in [0.2, 0.25) is 10.0 Å². The van der Waals surface area contributed by atoms with Gasteiger partial charge in [-0.15, -0.1) is 0 Å². The highest BCUT2D eigenvalue weighted by Gasteiger charge is 2.28. The number of benzene rings is 1. The molecule has 112 valence electrons. The van der Waals surface area contributed by atoms with Crippen LogP contribution in [0.4, 0.5) is 5.69 Å². The Bertz CT molecular complexity index is 735. The Hall–Kier alpha value is -1.63. The quantitative estimate of drug-likeness (QED) is 0.877. The number of nitrogens with two attached hydrogens (primary N) is 1. The van der Waals surface area contributed by atoms with Gasteiger partial charge < -0.3 is 5.73 Å². The maximum atomic E-state index is 12.7. The standard InChI is InChI=1S/C14H16ClN3O2S/c1-10(11-5-7-17-8-6-11)18(2)21(19,20)14-9-12(15)3-4-13(14)16/h3-10H,16H2,1-2H3. The summed E-state index contributed by atoms with van der Waals surface area (Å²) in [6, 6.07) is 7.61. The maximum Gasteiger partial charge on any atom is 0.245 e. The van der Waals surface area contributed by atoms with Gasteiger partial charge in [0.15, 0.2) is 0 Å². The first kappa shape index (κ1) is 15.8. The SMILES string of the molecule is CC(c1ccncc1)N(C)S(=O)(=O)c1cc(Cl)ccc1N. The van der Waals surface area contributed by atoms with E-state index in [-0.39, 0.29) is 16.6 Å². The number of hydrogen-bond acceptors (Lipinski definition) is 4. The fourth-order valence-electron chi connectivity index (χ4n) is 1.95. The van der Waals surface area contributed by atoms with Crippen molar-refractivity contribution in [1.29, 1.82) is 0 Å². The molecule has 5 nitrogen and oxygen atoms in total. The summed E-state index contributed by atoms with van der Waals surface area (Å²) in [4.78, 5) is 3.94. The molecule has 1 aromatic carbocycles. The first-order valence-electron chi connectivity index (χ1n) is 6.27. The smallest absolute Gasteiger partial charge is 0.245 e. The van der Waals surface area contributed by atoms with E-state index in [1.54, 1.807) is 37.5 Å². The highest BCUT2D eigenvalue weighted by atomic mass is 35.5. The van der Waals surface area contributed by atoms with Crippen molar-refractivity contribution in [2.75, 3.05) is 12.8 Å². The molecule has 0 aliphatic rings. The zero-order valence-electron chi connectivity index (χ0n) is 11.7. The molecular formula is C14H16ClN3O2S. The van der Waals surface area contributed by atoms with E-state index in [0.29, 0.717) is 5.02 Å². The molecule has 21 heavy (non-hydrogen) atoms. The number of sulfonamides is 1. The van der Waals surface area contributed by atoms with Gasteiger partial charge >= 0.3 is 0 Å². The topological polar surface area (TPSA) is 76.3 Å². The van der Waals surface area contributed by atoms with Crippen LogP contribution in [0.5, 0.6) is 0 Å². The monoisotopic (exact) mass is 325 g/mol. The fraction of sp³-hybridized carbons (Fsp3) is 0.214. The van der Waals surface area contributed by atoms with Crippen molar-refractivity contribution in [3.8, 4) is 0 Å². The van der Waals surface area contributed by atoms with Gasteiger partial charge in [-0.3, -0.25) is 4.98 Å². The molecule has 1 heterocycles. The van der Waals surface area contributed by atoms with E-state index in [9.17, 15) is 8.42 Å². The van der Waals surface area contributed by atoms with E-state index in [2.05, 4.69) is 4.98 Å². The second-order valence-electron chi connectivity index (χ2n) is 4.66. The molecular weight excluding hydrogens is 310 g/mol. The van der Waals surface area contributed by atoms with Crippen molar-refractivity contribution < 1.29 is 8.42 Å². The van der Waals surface area contributed by atoms with Gasteiger partial charge in [-0.05, 0) is 42.8 Å². The number of nitrogen functional groups attached to an aromatic ring is 1. The third-order valence-corrected chi connectivity index (χ3v) is 5.59. The molecule has 1 unspecified atom stereocenters. The molecule has 0 saturated carbocycles. The van der Waals surface area contributed by atoms with E-state index in [0.717, 1.165) is 5.56 Å². The number of nitrogens with zero attached hydrogens (tertiary/aromatic N) is 2. The van der Waals surface area contributed by atoms with Crippen LogP contribution in [-0.2, 0) is 10.0 Å². The second-order valence-corrected chi connectivity index (χ2v) is 7.06. The zero-order chi connectivity index (χ0) is 15.6. The number of aromatic nitrogens is 1. The second kappa shape index (κ2) is 6.01. The summed E-state index contributed by atoms with van der Waals surface area (Å²) in [6.07, 6.45) is 3.25. The first-order chi connectivity index (χ1) is 9.84. The molecule has 2 rings (SSSR count). The van der Waals surface area contributed by atoms with Crippen molar-refractivity contribution in [3.05, 3.63) is 53.3 Å². The van der Waals surface area contributed by atoms with Gasteiger partial charge in [-0.25, -0.2) is 8.42 Å². The molecule has 0 aliphatic carbocycles. The molecule has 0 aliphatic heterocycles. The third kappa shape index (κ3) is 3.18. The average molecular weight is 326 g/mol. The van der Waals surface area contributed by atoms with Gasteiger partial charge in [-0.1, -0.05) is 11.6 Å². The fourth-order valence-corrected chi connectivity index (χ4v) is 3.67. The maximum absolute atomic E-state index is 12.7. The van der Waals surface area contributed by atoms with Gasteiger partial charge in [-0.2, -0.15) is 4.31 Å². The van der Waals surface area contributed by atoms with Gasteiger partial charge in [0.05, 0.1) is 5.69 Å². The summed E-state index contributed by atoms with van der Waals surface area (Å²) in [7, 11) is -2.22. The highest BCUT2D eigenvalue weighted by Crippen LogP contribution is 2.30. The minimum atomic E-state index is -3.74. The number of halogens is 1. The van der Waals surface area contributed by atoms with Gasteiger partial charge in [0.25, 0.3) is 0 Å². The molecule has 0 spiro atoms. The minimum Gasteiger partial charge on any atom is -0.398 e. The predicted octanol–water partition coefficient (Wildman–Crippen LogP) is 2.70. The lowest BCUT2D eigenvalue weighted by molar-refractivity contribution is 0.398. The molecule has 7 heteroatoms. The lowest BCUT2D eigenvalue weighted by Crippen LogP contribution is -2.30. The van der Waals surface area contributed by atoms with E-state index < -0.39 is 10.0 Å². The van der Waals surface area contributed by atoms with E-state index in [1.807, 2.05) is 0 Å². The number of anilines is 1. The Morgan fingerprint density at radius 2 is 1.86 bits per heavy atom. The predicted molar refractivity (Wildman–Crippen MR) is 83.5 cm³/mol. The normalized spacial score (nSPS) is 13.3. The van der Waals surface area contributed by atoms with E-state index in [1.165, 1.54) is 23.5 Å².